The molecule has 3 nitrogen and oxygen atoms in total. The van der Waals surface area contributed by atoms with E-state index in [9.17, 15) is 0 Å². The van der Waals surface area contributed by atoms with Gasteiger partial charge in [-0.3, -0.25) is 4.68 Å². The van der Waals surface area contributed by atoms with Crippen LogP contribution in [0, 0.1) is 0 Å². The number of nitrogens with one attached hydrogen (secondary N) is 1. The van der Waals surface area contributed by atoms with Gasteiger partial charge in [0, 0.05) is 25.1 Å². The molecule has 0 saturated carbocycles. The lowest BCUT2D eigenvalue weighted by Crippen LogP contribution is -2.23. The lowest BCUT2D eigenvalue weighted by atomic mass is 10.0. The summed E-state index contributed by atoms with van der Waals surface area (Å²) in [5.41, 5.74) is 3.30. The monoisotopic (exact) mass is 409 g/mol. The van der Waals surface area contributed by atoms with Crippen molar-refractivity contribution in [3.8, 4) is 0 Å². The molecule has 1 N–H and O–H groups in total. The third-order valence-corrected chi connectivity index (χ3v) is 5.84. The van der Waals surface area contributed by atoms with Crippen LogP contribution in [-0.2, 0) is 19.9 Å². The minimum Gasteiger partial charge on any atom is -0.310 e. The Bertz CT molecular complexity index is 624. The van der Waals surface area contributed by atoms with E-state index in [2.05, 4.69) is 40.2 Å². The molecule has 0 radical (unpaired) electrons. The molecule has 2 heterocycles. The fraction of sp³-hybridized carbons (Fsp3) is 0.500. The van der Waals surface area contributed by atoms with Gasteiger partial charge in [-0.25, -0.2) is 0 Å². The molecular weight excluding hydrogens is 393 g/mol. The van der Waals surface area contributed by atoms with Crippen LogP contribution in [0.5, 0.6) is 0 Å². The average molecular weight is 411 g/mol. The van der Waals surface area contributed by atoms with Crippen molar-refractivity contribution in [3.05, 3.63) is 36.2 Å². The van der Waals surface area contributed by atoms with Gasteiger partial charge in [0.15, 0.2) is 0 Å². The van der Waals surface area contributed by atoms with Crippen molar-refractivity contribution in [2.45, 2.75) is 32.7 Å². The van der Waals surface area contributed by atoms with Crippen LogP contribution in [0.2, 0.25) is 8.67 Å². The fourth-order valence-electron chi connectivity index (χ4n) is 2.36. The van der Waals surface area contributed by atoms with Gasteiger partial charge in [0.2, 0.25) is 0 Å². The molecule has 0 aliphatic heterocycles. The Morgan fingerprint density at radius 3 is 2.62 bits per heavy atom. The zero-order valence-corrected chi connectivity index (χ0v) is 16.1. The summed E-state index contributed by atoms with van der Waals surface area (Å²) < 4.78 is 4.50. The zero-order chi connectivity index (χ0) is 15.6. The predicted molar refractivity (Wildman–Crippen MR) is 94.7 cm³/mol. The van der Waals surface area contributed by atoms with Crippen LogP contribution < -0.4 is 5.32 Å². The smallest absolute Gasteiger partial charge is 0.0992 e. The number of thiophene rings is 1. The van der Waals surface area contributed by atoms with Gasteiger partial charge in [-0.2, -0.15) is 5.10 Å². The molecule has 0 aliphatic carbocycles. The van der Waals surface area contributed by atoms with E-state index in [4.69, 9.17) is 23.2 Å². The van der Waals surface area contributed by atoms with Crippen molar-refractivity contribution in [3.63, 3.8) is 0 Å². The molecule has 0 aromatic carbocycles. The van der Waals surface area contributed by atoms with Gasteiger partial charge in [-0.1, -0.05) is 37.0 Å². The Kier molecular flexibility index (Phi) is 6.15. The lowest BCUT2D eigenvalue weighted by Gasteiger charge is -2.18. The molecule has 0 aliphatic rings. The van der Waals surface area contributed by atoms with E-state index in [1.165, 1.54) is 11.3 Å². The summed E-state index contributed by atoms with van der Waals surface area (Å²) in [6, 6.07) is 2.08. The zero-order valence-electron chi connectivity index (χ0n) is 12.2. The summed E-state index contributed by atoms with van der Waals surface area (Å²) in [6.45, 7) is 5.06. The third kappa shape index (κ3) is 3.82. The van der Waals surface area contributed by atoms with Crippen molar-refractivity contribution < 1.29 is 0 Å². The molecule has 116 valence electrons. The Hall–Kier alpha value is -0.0700. The maximum atomic E-state index is 6.31. The quantitative estimate of drug-likeness (QED) is 0.725. The standard InChI is InChI=1S/C14H18BrCl2N3S/c1-4-9-13(15)11(20(3)19-9)7-10(18-5-2)8-6-12(16)21-14(8)17/h6,10,18H,4-5,7H2,1-3H3. The molecule has 2 aromatic rings. The first kappa shape index (κ1) is 17.3. The second-order valence-corrected chi connectivity index (χ2v) is 7.86. The summed E-state index contributed by atoms with van der Waals surface area (Å²) >= 11 is 17.5. The molecular formula is C14H18BrCl2N3S. The van der Waals surface area contributed by atoms with Gasteiger partial charge in [-0.15, -0.1) is 11.3 Å². The Balaban J connectivity index is 2.33. The molecule has 0 fully saturated rings. The number of hydrogen-bond acceptors (Lipinski definition) is 3. The lowest BCUT2D eigenvalue weighted by molar-refractivity contribution is 0.529. The normalized spacial score (nSPS) is 12.9. The first-order valence-corrected chi connectivity index (χ1v) is 9.22. The van der Waals surface area contributed by atoms with E-state index >= 15 is 0 Å². The number of nitrogens with zero attached hydrogens (tertiary/aromatic N) is 2. The van der Waals surface area contributed by atoms with Crippen LogP contribution in [0.4, 0.5) is 0 Å². The Labute approximate surface area is 147 Å². The highest BCUT2D eigenvalue weighted by Crippen LogP contribution is 2.37. The van der Waals surface area contributed by atoms with Gasteiger partial charge < -0.3 is 5.32 Å². The highest BCUT2D eigenvalue weighted by atomic mass is 79.9. The molecule has 1 unspecified atom stereocenters. The molecule has 7 heteroatoms. The second kappa shape index (κ2) is 7.47. The summed E-state index contributed by atoms with van der Waals surface area (Å²) in [5, 5.41) is 8.03. The summed E-state index contributed by atoms with van der Waals surface area (Å²) in [4.78, 5) is 0. The minimum absolute atomic E-state index is 0.127. The number of halogens is 3. The maximum absolute atomic E-state index is 6.31. The largest absolute Gasteiger partial charge is 0.310 e. The predicted octanol–water partition coefficient (Wildman–Crippen LogP) is 5.01. The van der Waals surface area contributed by atoms with Crippen molar-refractivity contribution >= 4 is 50.5 Å². The highest BCUT2D eigenvalue weighted by Gasteiger charge is 2.21. The first-order valence-electron chi connectivity index (χ1n) is 6.86. The first-order chi connectivity index (χ1) is 9.97. The third-order valence-electron chi connectivity index (χ3n) is 3.41. The number of likely N-dealkylation sites (N-methyl/N-ethyl adjacent to an activating group) is 1. The summed E-state index contributed by atoms with van der Waals surface area (Å²) in [7, 11) is 1.98. The number of aryl methyl sites for hydroxylation is 2. The van der Waals surface area contributed by atoms with Crippen LogP contribution in [-0.4, -0.2) is 16.3 Å². The van der Waals surface area contributed by atoms with Crippen LogP contribution in [0.3, 0.4) is 0 Å². The Morgan fingerprint density at radius 1 is 1.43 bits per heavy atom. The second-order valence-electron chi connectivity index (χ2n) is 4.78. The molecule has 0 spiro atoms. The molecule has 0 bridgehead atoms. The van der Waals surface area contributed by atoms with Crippen LogP contribution in [0.1, 0.15) is 36.8 Å². The summed E-state index contributed by atoms with van der Waals surface area (Å²) in [6.07, 6.45) is 1.72. The minimum atomic E-state index is 0.127. The maximum Gasteiger partial charge on any atom is 0.0992 e. The number of aromatic nitrogens is 2. The fourth-order valence-corrected chi connectivity index (χ4v) is 4.72. The van der Waals surface area contributed by atoms with E-state index in [0.29, 0.717) is 0 Å². The van der Waals surface area contributed by atoms with Crippen molar-refractivity contribution in [1.29, 1.82) is 0 Å². The van der Waals surface area contributed by atoms with E-state index < -0.39 is 0 Å². The van der Waals surface area contributed by atoms with E-state index in [0.717, 1.165) is 49.5 Å². The van der Waals surface area contributed by atoms with E-state index in [-0.39, 0.29) is 6.04 Å². The van der Waals surface area contributed by atoms with Crippen molar-refractivity contribution in [1.82, 2.24) is 15.1 Å². The topological polar surface area (TPSA) is 29.9 Å². The van der Waals surface area contributed by atoms with Crippen LogP contribution in [0.25, 0.3) is 0 Å². The van der Waals surface area contributed by atoms with Crippen LogP contribution in [0.15, 0.2) is 10.5 Å². The van der Waals surface area contributed by atoms with Crippen molar-refractivity contribution in [2.24, 2.45) is 7.05 Å². The van der Waals surface area contributed by atoms with Gasteiger partial charge in [0.05, 0.1) is 24.5 Å². The van der Waals surface area contributed by atoms with Crippen molar-refractivity contribution in [2.75, 3.05) is 6.54 Å². The highest BCUT2D eigenvalue weighted by molar-refractivity contribution is 9.10. The molecule has 21 heavy (non-hydrogen) atoms. The number of rotatable bonds is 6. The average Bonchev–Trinajstić information content (AvgIpc) is 2.90. The molecule has 0 amide bonds. The summed E-state index contributed by atoms with van der Waals surface area (Å²) in [5.74, 6) is 0. The van der Waals surface area contributed by atoms with E-state index in [1.54, 1.807) is 0 Å². The van der Waals surface area contributed by atoms with Gasteiger partial charge >= 0.3 is 0 Å². The molecule has 2 rings (SSSR count). The Morgan fingerprint density at radius 2 is 2.14 bits per heavy atom. The SMILES string of the molecule is CCNC(Cc1c(Br)c(CC)nn1C)c1cc(Cl)sc1Cl. The van der Waals surface area contributed by atoms with Gasteiger partial charge in [0.25, 0.3) is 0 Å². The van der Waals surface area contributed by atoms with Gasteiger partial charge in [-0.05, 0) is 35.0 Å². The molecule has 0 saturated heterocycles. The van der Waals surface area contributed by atoms with Crippen LogP contribution >= 0.6 is 50.5 Å². The number of hydrogen-bond donors (Lipinski definition) is 1. The molecule has 2 aromatic heterocycles. The van der Waals surface area contributed by atoms with E-state index in [1.807, 2.05) is 17.8 Å². The molecule has 1 atom stereocenters. The van der Waals surface area contributed by atoms with Gasteiger partial charge in [0.1, 0.15) is 0 Å².